The number of rotatable bonds is 6. The summed E-state index contributed by atoms with van der Waals surface area (Å²) < 4.78 is 5.28. The molecule has 1 aromatic heterocycles. The second kappa shape index (κ2) is 8.52. The number of hydrogen-bond donors (Lipinski definition) is 2. The van der Waals surface area contributed by atoms with Gasteiger partial charge in [0.2, 0.25) is 5.95 Å². The summed E-state index contributed by atoms with van der Waals surface area (Å²) in [5, 5.41) is 6.09. The third-order valence-electron chi connectivity index (χ3n) is 4.27. The van der Waals surface area contributed by atoms with Crippen molar-refractivity contribution < 1.29 is 9.53 Å². The Bertz CT molecular complexity index is 986. The van der Waals surface area contributed by atoms with E-state index < -0.39 is 0 Å². The van der Waals surface area contributed by atoms with Gasteiger partial charge in [0.15, 0.2) is 0 Å². The maximum atomic E-state index is 12.7. The Morgan fingerprint density at radius 2 is 1.68 bits per heavy atom. The van der Waals surface area contributed by atoms with E-state index in [4.69, 9.17) is 4.74 Å². The first kappa shape index (κ1) is 19.4. The predicted octanol–water partition coefficient (Wildman–Crippen LogP) is 4.91. The van der Waals surface area contributed by atoms with Gasteiger partial charge in [-0.3, -0.25) is 4.79 Å². The quantitative estimate of drug-likeness (QED) is 0.639. The molecule has 1 amide bonds. The van der Waals surface area contributed by atoms with Crippen molar-refractivity contribution in [3.63, 3.8) is 0 Å². The summed E-state index contributed by atoms with van der Waals surface area (Å²) in [7, 11) is 1.56. The highest BCUT2D eigenvalue weighted by Gasteiger charge is 2.14. The van der Waals surface area contributed by atoms with Crippen LogP contribution in [0.3, 0.4) is 0 Å². The van der Waals surface area contributed by atoms with Crippen molar-refractivity contribution in [1.82, 2.24) is 9.97 Å². The fourth-order valence-corrected chi connectivity index (χ4v) is 2.91. The third kappa shape index (κ3) is 4.46. The normalized spacial score (nSPS) is 10.6. The molecular weight excluding hydrogens is 352 g/mol. The summed E-state index contributed by atoms with van der Waals surface area (Å²) in [4.78, 5) is 21.6. The summed E-state index contributed by atoms with van der Waals surface area (Å²) in [5.74, 6) is 1.00. The van der Waals surface area contributed by atoms with E-state index in [2.05, 4.69) is 40.5 Å². The number of aryl methyl sites for hydroxylation is 1. The number of nitrogens with one attached hydrogen (secondary N) is 2. The Hall–Kier alpha value is -3.41. The second-order valence-electron chi connectivity index (χ2n) is 6.74. The highest BCUT2D eigenvalue weighted by molar-refractivity contribution is 6.03. The number of para-hydroxylation sites is 3. The average molecular weight is 376 g/mol. The Labute approximate surface area is 165 Å². The molecule has 6 nitrogen and oxygen atoms in total. The molecule has 3 rings (SSSR count). The van der Waals surface area contributed by atoms with E-state index in [1.54, 1.807) is 25.3 Å². The van der Waals surface area contributed by atoms with Crippen molar-refractivity contribution >= 4 is 23.2 Å². The molecule has 0 saturated heterocycles. The van der Waals surface area contributed by atoms with Gasteiger partial charge in [-0.1, -0.05) is 44.2 Å². The van der Waals surface area contributed by atoms with Crippen LogP contribution in [0.2, 0.25) is 0 Å². The number of anilines is 3. The van der Waals surface area contributed by atoms with Gasteiger partial charge < -0.3 is 15.4 Å². The first-order valence-electron chi connectivity index (χ1n) is 9.14. The monoisotopic (exact) mass is 376 g/mol. The fraction of sp³-hybridized carbons (Fsp3) is 0.227. The lowest BCUT2D eigenvalue weighted by Gasteiger charge is -2.14. The molecule has 0 unspecified atom stereocenters. The molecule has 0 aliphatic carbocycles. The maximum Gasteiger partial charge on any atom is 0.274 e. The van der Waals surface area contributed by atoms with E-state index in [-0.39, 0.29) is 11.6 Å². The second-order valence-corrected chi connectivity index (χ2v) is 6.74. The number of carbonyl (C=O) groups excluding carboxylic acids is 1. The van der Waals surface area contributed by atoms with Crippen LogP contribution in [0.1, 0.15) is 41.5 Å². The lowest BCUT2D eigenvalue weighted by molar-refractivity contribution is 0.102. The maximum absolute atomic E-state index is 12.7. The minimum absolute atomic E-state index is 0.280. The molecule has 0 aliphatic heterocycles. The van der Waals surface area contributed by atoms with E-state index >= 15 is 0 Å². The van der Waals surface area contributed by atoms with Crippen LogP contribution < -0.4 is 15.4 Å². The average Bonchev–Trinajstić information content (AvgIpc) is 2.68. The molecule has 0 bridgehead atoms. The zero-order valence-electron chi connectivity index (χ0n) is 16.5. The molecule has 3 aromatic rings. The number of benzene rings is 2. The molecule has 2 aromatic carbocycles. The van der Waals surface area contributed by atoms with Crippen LogP contribution in [0.25, 0.3) is 0 Å². The smallest absolute Gasteiger partial charge is 0.274 e. The van der Waals surface area contributed by atoms with Gasteiger partial charge in [0.25, 0.3) is 5.91 Å². The topological polar surface area (TPSA) is 76.1 Å². The number of carbonyl (C=O) groups is 1. The van der Waals surface area contributed by atoms with Gasteiger partial charge >= 0.3 is 0 Å². The number of aromatic nitrogens is 2. The Morgan fingerprint density at radius 3 is 2.39 bits per heavy atom. The molecule has 0 atom stereocenters. The molecular formula is C22H24N4O2. The SMILES string of the molecule is COc1ccccc1NC(=O)c1cc(C)nc(Nc2ccccc2C(C)C)n1. The molecule has 0 saturated carbocycles. The van der Waals surface area contributed by atoms with Crippen LogP contribution in [-0.2, 0) is 0 Å². The Balaban J connectivity index is 1.87. The standard InChI is InChI=1S/C22H24N4O2/c1-14(2)16-9-5-6-10-17(16)25-22-23-15(3)13-19(26-22)21(27)24-18-11-7-8-12-20(18)28-4/h5-14H,1-4H3,(H,24,27)(H,23,25,26). The van der Waals surface area contributed by atoms with E-state index in [0.717, 1.165) is 11.3 Å². The number of methoxy groups -OCH3 is 1. The van der Waals surface area contributed by atoms with Crippen molar-refractivity contribution in [2.75, 3.05) is 17.7 Å². The fourth-order valence-electron chi connectivity index (χ4n) is 2.91. The van der Waals surface area contributed by atoms with Gasteiger partial charge in [-0.15, -0.1) is 0 Å². The largest absolute Gasteiger partial charge is 0.495 e. The number of hydrogen-bond acceptors (Lipinski definition) is 5. The molecule has 1 heterocycles. The van der Waals surface area contributed by atoms with Crippen molar-refractivity contribution in [2.24, 2.45) is 0 Å². The third-order valence-corrected chi connectivity index (χ3v) is 4.27. The van der Waals surface area contributed by atoms with Gasteiger partial charge in [-0.2, -0.15) is 0 Å². The highest BCUT2D eigenvalue weighted by Crippen LogP contribution is 2.26. The van der Waals surface area contributed by atoms with Crippen LogP contribution >= 0.6 is 0 Å². The van der Waals surface area contributed by atoms with Crippen molar-refractivity contribution in [3.05, 3.63) is 71.5 Å². The lowest BCUT2D eigenvalue weighted by atomic mass is 10.0. The molecule has 0 radical (unpaired) electrons. The first-order chi connectivity index (χ1) is 13.5. The minimum Gasteiger partial charge on any atom is -0.495 e. The minimum atomic E-state index is -0.324. The number of amides is 1. The van der Waals surface area contributed by atoms with E-state index in [1.807, 2.05) is 37.3 Å². The summed E-state index contributed by atoms with van der Waals surface area (Å²) >= 11 is 0. The van der Waals surface area contributed by atoms with E-state index in [9.17, 15) is 4.79 Å². The molecule has 2 N–H and O–H groups in total. The van der Waals surface area contributed by atoms with Gasteiger partial charge in [0, 0.05) is 11.4 Å². The van der Waals surface area contributed by atoms with Gasteiger partial charge in [-0.05, 0) is 42.7 Å². The van der Waals surface area contributed by atoms with Gasteiger partial charge in [-0.25, -0.2) is 9.97 Å². The molecule has 0 spiro atoms. The molecule has 0 fully saturated rings. The zero-order valence-corrected chi connectivity index (χ0v) is 16.5. The zero-order chi connectivity index (χ0) is 20.1. The number of ether oxygens (including phenoxy) is 1. The van der Waals surface area contributed by atoms with Crippen LogP contribution in [-0.4, -0.2) is 23.0 Å². The van der Waals surface area contributed by atoms with E-state index in [0.29, 0.717) is 29.0 Å². The highest BCUT2D eigenvalue weighted by atomic mass is 16.5. The van der Waals surface area contributed by atoms with Crippen molar-refractivity contribution in [1.29, 1.82) is 0 Å². The van der Waals surface area contributed by atoms with Crippen molar-refractivity contribution in [2.45, 2.75) is 26.7 Å². The van der Waals surface area contributed by atoms with Crippen LogP contribution in [0, 0.1) is 6.92 Å². The summed E-state index contributed by atoms with van der Waals surface area (Å²) in [6, 6.07) is 16.9. The van der Waals surface area contributed by atoms with Crippen molar-refractivity contribution in [3.8, 4) is 5.75 Å². The Kier molecular flexibility index (Phi) is 5.89. The van der Waals surface area contributed by atoms with Gasteiger partial charge in [0.1, 0.15) is 11.4 Å². The van der Waals surface area contributed by atoms with Crippen LogP contribution in [0.5, 0.6) is 5.75 Å². The van der Waals surface area contributed by atoms with E-state index in [1.165, 1.54) is 0 Å². The molecule has 28 heavy (non-hydrogen) atoms. The van der Waals surface area contributed by atoms with Crippen LogP contribution in [0.15, 0.2) is 54.6 Å². The van der Waals surface area contributed by atoms with Crippen LogP contribution in [0.4, 0.5) is 17.3 Å². The summed E-state index contributed by atoms with van der Waals surface area (Å²) in [6.45, 7) is 6.09. The lowest BCUT2D eigenvalue weighted by Crippen LogP contribution is -2.16. The summed E-state index contributed by atoms with van der Waals surface area (Å²) in [5.41, 5.74) is 3.66. The first-order valence-corrected chi connectivity index (χ1v) is 9.14. The predicted molar refractivity (Wildman–Crippen MR) is 112 cm³/mol. The van der Waals surface area contributed by atoms with Gasteiger partial charge in [0.05, 0.1) is 12.8 Å². The Morgan fingerprint density at radius 1 is 1.00 bits per heavy atom. The molecule has 0 aliphatic rings. The molecule has 6 heteroatoms. The molecule has 144 valence electrons. The summed E-state index contributed by atoms with van der Waals surface area (Å²) in [6.07, 6.45) is 0. The number of nitrogens with zero attached hydrogens (tertiary/aromatic N) is 2.